The largest absolute Gasteiger partial charge is 0.449 e. The Hall–Kier alpha value is -1.78. The summed E-state index contributed by atoms with van der Waals surface area (Å²) >= 11 is 0. The van der Waals surface area contributed by atoms with E-state index in [0.29, 0.717) is 19.1 Å². The van der Waals surface area contributed by atoms with Crippen molar-refractivity contribution in [2.45, 2.75) is 27.2 Å². The van der Waals surface area contributed by atoms with E-state index in [1.54, 1.807) is 4.90 Å². The molecule has 0 atom stereocenters. The zero-order valence-corrected chi connectivity index (χ0v) is 13.2. The lowest BCUT2D eigenvalue weighted by Crippen LogP contribution is -2.36. The van der Waals surface area contributed by atoms with Crippen LogP contribution in [-0.2, 0) is 4.74 Å². The number of rotatable bonds is 3. The van der Waals surface area contributed by atoms with Crippen LogP contribution in [0, 0.1) is 12.8 Å². The Morgan fingerprint density at radius 3 is 2.81 bits per heavy atom. The second-order valence-electron chi connectivity index (χ2n) is 5.94. The van der Waals surface area contributed by atoms with Crippen LogP contribution < -0.4 is 4.90 Å². The molecule has 2 heterocycles. The number of anilines is 1. The van der Waals surface area contributed by atoms with Crippen LogP contribution in [0.4, 0.5) is 10.6 Å². The Bertz CT molecular complexity index is 476. The van der Waals surface area contributed by atoms with E-state index in [-0.39, 0.29) is 6.09 Å². The van der Waals surface area contributed by atoms with Gasteiger partial charge in [-0.15, -0.1) is 0 Å². The number of carbonyl (C=O) groups excluding carboxylic acids is 1. The number of hydrogen-bond donors (Lipinski definition) is 0. The van der Waals surface area contributed by atoms with Gasteiger partial charge >= 0.3 is 6.09 Å². The Labute approximate surface area is 126 Å². The lowest BCUT2D eigenvalue weighted by Gasteiger charge is -2.23. The molecule has 0 N–H and O–H groups in total. The van der Waals surface area contributed by atoms with Crippen LogP contribution in [0.2, 0.25) is 0 Å². The van der Waals surface area contributed by atoms with Crippen molar-refractivity contribution in [3.8, 4) is 0 Å². The fourth-order valence-corrected chi connectivity index (χ4v) is 2.36. The molecule has 1 amide bonds. The molecule has 5 nitrogen and oxygen atoms in total. The molecule has 0 saturated carbocycles. The maximum absolute atomic E-state index is 12.0. The molecule has 0 bridgehead atoms. The summed E-state index contributed by atoms with van der Waals surface area (Å²) in [5.41, 5.74) is 1.02. The van der Waals surface area contributed by atoms with E-state index in [0.717, 1.165) is 37.6 Å². The van der Waals surface area contributed by atoms with Crippen molar-refractivity contribution < 1.29 is 9.53 Å². The van der Waals surface area contributed by atoms with Crippen LogP contribution in [0.15, 0.2) is 18.2 Å². The van der Waals surface area contributed by atoms with Gasteiger partial charge in [0.25, 0.3) is 0 Å². The highest BCUT2D eigenvalue weighted by Crippen LogP contribution is 2.14. The van der Waals surface area contributed by atoms with E-state index in [2.05, 4.69) is 9.88 Å². The third kappa shape index (κ3) is 4.62. The molecule has 2 rings (SSSR count). The molecule has 21 heavy (non-hydrogen) atoms. The van der Waals surface area contributed by atoms with Gasteiger partial charge in [-0.2, -0.15) is 0 Å². The third-order valence-electron chi connectivity index (χ3n) is 3.49. The summed E-state index contributed by atoms with van der Waals surface area (Å²) in [5, 5.41) is 0. The normalized spacial score (nSPS) is 16.0. The Balaban J connectivity index is 1.91. The van der Waals surface area contributed by atoms with Crippen LogP contribution in [0.5, 0.6) is 0 Å². The minimum atomic E-state index is -0.192. The highest BCUT2D eigenvalue weighted by atomic mass is 16.6. The first-order valence-electron chi connectivity index (χ1n) is 7.66. The van der Waals surface area contributed by atoms with E-state index < -0.39 is 0 Å². The van der Waals surface area contributed by atoms with Gasteiger partial charge in [-0.05, 0) is 31.4 Å². The molecular weight excluding hydrogens is 266 g/mol. The van der Waals surface area contributed by atoms with Crippen molar-refractivity contribution in [1.29, 1.82) is 0 Å². The Morgan fingerprint density at radius 1 is 1.29 bits per heavy atom. The van der Waals surface area contributed by atoms with Gasteiger partial charge in [0.15, 0.2) is 0 Å². The van der Waals surface area contributed by atoms with E-state index in [9.17, 15) is 4.79 Å². The number of amides is 1. The summed E-state index contributed by atoms with van der Waals surface area (Å²) < 4.78 is 5.31. The van der Waals surface area contributed by atoms with E-state index in [1.165, 1.54) is 0 Å². The lowest BCUT2D eigenvalue weighted by atomic mass is 10.2. The molecule has 1 aromatic rings. The number of carbonyl (C=O) groups is 1. The predicted molar refractivity (Wildman–Crippen MR) is 83.6 cm³/mol. The molecule has 1 fully saturated rings. The number of hydrogen-bond acceptors (Lipinski definition) is 4. The number of ether oxygens (including phenoxy) is 1. The zero-order valence-electron chi connectivity index (χ0n) is 13.2. The Kier molecular flexibility index (Phi) is 5.42. The summed E-state index contributed by atoms with van der Waals surface area (Å²) in [6.07, 6.45) is 0.745. The van der Waals surface area contributed by atoms with Crippen LogP contribution in [-0.4, -0.2) is 48.8 Å². The fraction of sp³-hybridized carbons (Fsp3) is 0.625. The molecule has 1 aromatic heterocycles. The van der Waals surface area contributed by atoms with Crippen LogP contribution in [0.3, 0.4) is 0 Å². The van der Waals surface area contributed by atoms with Crippen LogP contribution >= 0.6 is 0 Å². The molecule has 1 saturated heterocycles. The average molecular weight is 291 g/mol. The number of aromatic nitrogens is 1. The number of nitrogens with zero attached hydrogens (tertiary/aromatic N) is 3. The molecule has 116 valence electrons. The van der Waals surface area contributed by atoms with E-state index in [4.69, 9.17) is 4.74 Å². The second kappa shape index (κ2) is 7.29. The first-order chi connectivity index (χ1) is 10.1. The standard InChI is InChI=1S/C16H25N3O2/c1-13(2)12-21-16(20)19-9-5-8-18(10-11-19)15-7-4-6-14(3)17-15/h4,6-7,13H,5,8-12H2,1-3H3. The third-order valence-corrected chi connectivity index (χ3v) is 3.49. The minimum Gasteiger partial charge on any atom is -0.449 e. The lowest BCUT2D eigenvalue weighted by molar-refractivity contribution is 0.0943. The van der Waals surface area contributed by atoms with Crippen LogP contribution in [0.1, 0.15) is 26.0 Å². The van der Waals surface area contributed by atoms with Gasteiger partial charge in [0.1, 0.15) is 5.82 Å². The Morgan fingerprint density at radius 2 is 2.10 bits per heavy atom. The van der Waals surface area contributed by atoms with Crippen molar-refractivity contribution >= 4 is 11.9 Å². The number of aryl methyl sites for hydroxylation is 1. The van der Waals surface area contributed by atoms with Gasteiger partial charge in [0, 0.05) is 31.9 Å². The molecule has 1 aliphatic heterocycles. The average Bonchev–Trinajstić information content (AvgIpc) is 2.70. The van der Waals surface area contributed by atoms with Gasteiger partial charge < -0.3 is 14.5 Å². The van der Waals surface area contributed by atoms with Gasteiger partial charge in [-0.25, -0.2) is 9.78 Å². The molecule has 5 heteroatoms. The highest BCUT2D eigenvalue weighted by Gasteiger charge is 2.21. The number of pyridine rings is 1. The SMILES string of the molecule is Cc1cccc(N2CCCN(C(=O)OCC(C)C)CC2)n1. The van der Waals surface area contributed by atoms with Crippen molar-refractivity contribution in [3.63, 3.8) is 0 Å². The van der Waals surface area contributed by atoms with E-state index >= 15 is 0 Å². The fourth-order valence-electron chi connectivity index (χ4n) is 2.36. The smallest absolute Gasteiger partial charge is 0.409 e. The van der Waals surface area contributed by atoms with Crippen molar-refractivity contribution in [2.24, 2.45) is 5.92 Å². The second-order valence-corrected chi connectivity index (χ2v) is 5.94. The van der Waals surface area contributed by atoms with Gasteiger partial charge in [-0.3, -0.25) is 0 Å². The molecule has 0 aliphatic carbocycles. The molecule has 1 aliphatic rings. The minimum absolute atomic E-state index is 0.192. The molecule has 0 spiro atoms. The summed E-state index contributed by atoms with van der Waals surface area (Å²) in [7, 11) is 0. The summed E-state index contributed by atoms with van der Waals surface area (Å²) in [4.78, 5) is 20.6. The topological polar surface area (TPSA) is 45.7 Å². The van der Waals surface area contributed by atoms with Gasteiger partial charge in [0.05, 0.1) is 6.61 Å². The van der Waals surface area contributed by atoms with Crippen molar-refractivity contribution in [2.75, 3.05) is 37.7 Å². The van der Waals surface area contributed by atoms with Crippen LogP contribution in [0.25, 0.3) is 0 Å². The van der Waals surface area contributed by atoms with Gasteiger partial charge in [0.2, 0.25) is 0 Å². The monoisotopic (exact) mass is 291 g/mol. The molecule has 0 aromatic carbocycles. The summed E-state index contributed by atoms with van der Waals surface area (Å²) in [6.45, 7) is 9.72. The van der Waals surface area contributed by atoms with Gasteiger partial charge in [-0.1, -0.05) is 19.9 Å². The first-order valence-corrected chi connectivity index (χ1v) is 7.66. The predicted octanol–water partition coefficient (Wildman–Crippen LogP) is 2.69. The molecule has 0 radical (unpaired) electrons. The molecular formula is C16H25N3O2. The maximum Gasteiger partial charge on any atom is 0.409 e. The van der Waals surface area contributed by atoms with E-state index in [1.807, 2.05) is 39.0 Å². The van der Waals surface area contributed by atoms with Crippen molar-refractivity contribution in [1.82, 2.24) is 9.88 Å². The first kappa shape index (κ1) is 15.6. The summed E-state index contributed by atoms with van der Waals surface area (Å²) in [6, 6.07) is 6.05. The quantitative estimate of drug-likeness (QED) is 0.859. The maximum atomic E-state index is 12.0. The summed E-state index contributed by atoms with van der Waals surface area (Å²) in [5.74, 6) is 1.36. The highest BCUT2D eigenvalue weighted by molar-refractivity contribution is 5.67. The molecule has 0 unspecified atom stereocenters. The zero-order chi connectivity index (χ0) is 15.2. The van der Waals surface area contributed by atoms with Crippen molar-refractivity contribution in [3.05, 3.63) is 23.9 Å².